The maximum atomic E-state index is 11.5. The third-order valence-corrected chi connectivity index (χ3v) is 3.57. The van der Waals surface area contributed by atoms with E-state index in [1.54, 1.807) is 6.20 Å². The number of nitrogens with zero attached hydrogens (tertiary/aromatic N) is 3. The molecule has 1 atom stereocenters. The molecule has 2 aliphatic rings. The monoisotopic (exact) mass is 248 g/mol. The summed E-state index contributed by atoms with van der Waals surface area (Å²) < 4.78 is 0. The molecule has 2 aliphatic heterocycles. The zero-order valence-electron chi connectivity index (χ0n) is 10.0. The van der Waals surface area contributed by atoms with E-state index in [1.807, 2.05) is 17.0 Å². The van der Waals surface area contributed by atoms with Crippen LogP contribution in [0.5, 0.6) is 0 Å². The van der Waals surface area contributed by atoms with Gasteiger partial charge in [-0.05, 0) is 6.07 Å². The van der Waals surface area contributed by atoms with Crippen LogP contribution < -0.4 is 10.2 Å². The average Bonchev–Trinajstić information content (AvgIpc) is 2.80. The van der Waals surface area contributed by atoms with E-state index in [9.17, 15) is 9.90 Å². The molecule has 2 amide bonds. The SMILES string of the molecule is O=C1NCC2CN(c3ncccc3CO)CCN12. The van der Waals surface area contributed by atoms with Crippen LogP contribution in [0.2, 0.25) is 0 Å². The van der Waals surface area contributed by atoms with Crippen LogP contribution >= 0.6 is 0 Å². The van der Waals surface area contributed by atoms with Gasteiger partial charge in [-0.3, -0.25) is 0 Å². The molecule has 0 bridgehead atoms. The zero-order valence-corrected chi connectivity index (χ0v) is 10.0. The quantitative estimate of drug-likeness (QED) is 0.760. The molecule has 3 rings (SSSR count). The van der Waals surface area contributed by atoms with Crippen molar-refractivity contribution in [1.29, 1.82) is 0 Å². The number of aliphatic hydroxyl groups is 1. The van der Waals surface area contributed by atoms with Gasteiger partial charge in [0, 0.05) is 37.9 Å². The Labute approximate surface area is 105 Å². The van der Waals surface area contributed by atoms with Crippen molar-refractivity contribution in [2.24, 2.45) is 0 Å². The maximum absolute atomic E-state index is 11.5. The molecular weight excluding hydrogens is 232 g/mol. The van der Waals surface area contributed by atoms with Crippen molar-refractivity contribution in [3.05, 3.63) is 23.9 Å². The average molecular weight is 248 g/mol. The van der Waals surface area contributed by atoms with E-state index < -0.39 is 0 Å². The summed E-state index contributed by atoms with van der Waals surface area (Å²) in [7, 11) is 0. The maximum Gasteiger partial charge on any atom is 0.317 e. The number of hydrogen-bond donors (Lipinski definition) is 2. The molecule has 1 aromatic rings. The smallest absolute Gasteiger partial charge is 0.317 e. The number of nitrogens with one attached hydrogen (secondary N) is 1. The van der Waals surface area contributed by atoms with Crippen molar-refractivity contribution in [2.75, 3.05) is 31.1 Å². The van der Waals surface area contributed by atoms with E-state index in [0.29, 0.717) is 13.1 Å². The van der Waals surface area contributed by atoms with E-state index in [4.69, 9.17) is 0 Å². The Balaban J connectivity index is 1.80. The van der Waals surface area contributed by atoms with Crippen LogP contribution in [0, 0.1) is 0 Å². The van der Waals surface area contributed by atoms with E-state index in [1.165, 1.54) is 0 Å². The van der Waals surface area contributed by atoms with Gasteiger partial charge in [-0.1, -0.05) is 6.07 Å². The van der Waals surface area contributed by atoms with Gasteiger partial charge in [-0.15, -0.1) is 0 Å². The Morgan fingerprint density at radius 1 is 1.50 bits per heavy atom. The lowest BCUT2D eigenvalue weighted by molar-refractivity contribution is 0.197. The molecule has 3 heterocycles. The minimum absolute atomic E-state index is 0.00870. The summed E-state index contributed by atoms with van der Waals surface area (Å²) in [5, 5.41) is 12.2. The van der Waals surface area contributed by atoms with Crippen molar-refractivity contribution in [3.8, 4) is 0 Å². The lowest BCUT2D eigenvalue weighted by Gasteiger charge is -2.37. The van der Waals surface area contributed by atoms with Gasteiger partial charge >= 0.3 is 6.03 Å². The van der Waals surface area contributed by atoms with Gasteiger partial charge in [0.05, 0.1) is 12.6 Å². The Morgan fingerprint density at radius 3 is 3.22 bits per heavy atom. The third kappa shape index (κ3) is 1.78. The second kappa shape index (κ2) is 4.45. The minimum atomic E-state index is -0.00870. The highest BCUT2D eigenvalue weighted by Gasteiger charge is 2.36. The normalized spacial score (nSPS) is 22.9. The number of carbonyl (C=O) groups excluding carboxylic acids is 1. The molecule has 6 nitrogen and oxygen atoms in total. The van der Waals surface area contributed by atoms with Crippen LogP contribution in [0.1, 0.15) is 5.56 Å². The second-order valence-corrected chi connectivity index (χ2v) is 4.62. The first kappa shape index (κ1) is 11.3. The molecule has 6 heteroatoms. The largest absolute Gasteiger partial charge is 0.392 e. The first-order chi connectivity index (χ1) is 8.79. The second-order valence-electron chi connectivity index (χ2n) is 4.62. The lowest BCUT2D eigenvalue weighted by Crippen LogP contribution is -2.52. The molecule has 18 heavy (non-hydrogen) atoms. The van der Waals surface area contributed by atoms with Crippen molar-refractivity contribution < 1.29 is 9.90 Å². The predicted octanol–water partition coefficient (Wildman–Crippen LogP) is -0.212. The Hall–Kier alpha value is -1.82. The summed E-state index contributed by atoms with van der Waals surface area (Å²) >= 11 is 0. The van der Waals surface area contributed by atoms with Gasteiger partial charge in [0.1, 0.15) is 5.82 Å². The molecule has 0 spiro atoms. The van der Waals surface area contributed by atoms with Gasteiger partial charge in [0.25, 0.3) is 0 Å². The molecule has 0 aromatic carbocycles. The van der Waals surface area contributed by atoms with E-state index in [-0.39, 0.29) is 18.7 Å². The molecule has 96 valence electrons. The number of hydrogen-bond acceptors (Lipinski definition) is 4. The minimum Gasteiger partial charge on any atom is -0.392 e. The fourth-order valence-electron chi connectivity index (χ4n) is 2.63. The topological polar surface area (TPSA) is 68.7 Å². The first-order valence-corrected chi connectivity index (χ1v) is 6.14. The highest BCUT2D eigenvalue weighted by Crippen LogP contribution is 2.22. The predicted molar refractivity (Wildman–Crippen MR) is 66.3 cm³/mol. The summed E-state index contributed by atoms with van der Waals surface area (Å²) in [5.41, 5.74) is 0.836. The standard InChI is InChI=1S/C12H16N4O2/c17-8-9-2-1-3-13-11(9)15-4-5-16-10(7-15)6-14-12(16)18/h1-3,10,17H,4-8H2,(H,14,18). The van der Waals surface area contributed by atoms with E-state index >= 15 is 0 Å². The van der Waals surface area contributed by atoms with Crippen LogP contribution in [0.4, 0.5) is 10.6 Å². The molecule has 0 aliphatic carbocycles. The molecule has 0 saturated carbocycles. The molecule has 1 aromatic heterocycles. The number of carbonyl (C=O) groups is 1. The molecule has 2 N–H and O–H groups in total. The van der Waals surface area contributed by atoms with Gasteiger partial charge in [-0.25, -0.2) is 9.78 Å². The summed E-state index contributed by atoms with van der Waals surface area (Å²) in [6.07, 6.45) is 1.74. The fourth-order valence-corrected chi connectivity index (χ4v) is 2.63. The molecular formula is C12H16N4O2. The molecule has 2 fully saturated rings. The summed E-state index contributed by atoms with van der Waals surface area (Å²) in [6, 6.07) is 3.95. The molecule has 2 saturated heterocycles. The number of aromatic nitrogens is 1. The van der Waals surface area contributed by atoms with Crippen molar-refractivity contribution in [1.82, 2.24) is 15.2 Å². The molecule has 0 radical (unpaired) electrons. The van der Waals surface area contributed by atoms with Gasteiger partial charge < -0.3 is 20.2 Å². The third-order valence-electron chi connectivity index (χ3n) is 3.57. The van der Waals surface area contributed by atoms with Gasteiger partial charge in [-0.2, -0.15) is 0 Å². The summed E-state index contributed by atoms with van der Waals surface area (Å²) in [5.74, 6) is 0.832. The zero-order chi connectivity index (χ0) is 12.5. The van der Waals surface area contributed by atoms with Gasteiger partial charge in [0.15, 0.2) is 0 Å². The Morgan fingerprint density at radius 2 is 2.39 bits per heavy atom. The highest BCUT2D eigenvalue weighted by atomic mass is 16.3. The number of rotatable bonds is 2. The Kier molecular flexibility index (Phi) is 2.79. The first-order valence-electron chi connectivity index (χ1n) is 6.14. The Bertz CT molecular complexity index is 465. The molecule has 1 unspecified atom stereocenters. The summed E-state index contributed by atoms with van der Waals surface area (Å²) in [6.45, 7) is 2.91. The number of pyridine rings is 1. The van der Waals surface area contributed by atoms with Gasteiger partial charge in [0.2, 0.25) is 0 Å². The highest BCUT2D eigenvalue weighted by molar-refractivity contribution is 5.77. The number of urea groups is 1. The van der Waals surface area contributed by atoms with Crippen LogP contribution in [0.3, 0.4) is 0 Å². The van der Waals surface area contributed by atoms with Crippen LogP contribution in [-0.2, 0) is 6.61 Å². The number of piperazine rings is 1. The van der Waals surface area contributed by atoms with Crippen molar-refractivity contribution in [2.45, 2.75) is 12.6 Å². The lowest BCUT2D eigenvalue weighted by atomic mass is 10.1. The fraction of sp³-hybridized carbons (Fsp3) is 0.500. The number of anilines is 1. The van der Waals surface area contributed by atoms with E-state index in [0.717, 1.165) is 24.5 Å². The van der Waals surface area contributed by atoms with E-state index in [2.05, 4.69) is 15.2 Å². The number of amides is 2. The van der Waals surface area contributed by atoms with Crippen LogP contribution in [-0.4, -0.2) is 53.2 Å². The van der Waals surface area contributed by atoms with Crippen molar-refractivity contribution in [3.63, 3.8) is 0 Å². The number of aliphatic hydroxyl groups excluding tert-OH is 1. The van der Waals surface area contributed by atoms with Crippen molar-refractivity contribution >= 4 is 11.8 Å². The number of fused-ring (bicyclic) bond motifs is 1. The van der Waals surface area contributed by atoms with Crippen LogP contribution in [0.15, 0.2) is 18.3 Å². The van der Waals surface area contributed by atoms with Crippen LogP contribution in [0.25, 0.3) is 0 Å². The summed E-state index contributed by atoms with van der Waals surface area (Å²) in [4.78, 5) is 19.9.